The maximum absolute atomic E-state index is 13.2. The number of thiophene rings is 1. The second-order valence-corrected chi connectivity index (χ2v) is 9.79. The van der Waals surface area contributed by atoms with Crippen molar-refractivity contribution in [3.8, 4) is 10.6 Å². The van der Waals surface area contributed by atoms with Crippen molar-refractivity contribution in [2.45, 2.75) is 0 Å². The van der Waals surface area contributed by atoms with Gasteiger partial charge in [0.25, 0.3) is 5.91 Å². The number of fused-ring (bicyclic) bond motifs is 1. The zero-order valence-corrected chi connectivity index (χ0v) is 21.8. The molecular weight excluding hydrogens is 500 g/mol. The molecule has 1 amide bonds. The van der Waals surface area contributed by atoms with Gasteiger partial charge in [0.05, 0.1) is 27.9 Å². The van der Waals surface area contributed by atoms with Crippen LogP contribution in [0.25, 0.3) is 21.5 Å². The number of nitrogens with one attached hydrogen (secondary N) is 1. The van der Waals surface area contributed by atoms with Crippen LogP contribution in [0.15, 0.2) is 138 Å². The van der Waals surface area contributed by atoms with Crippen molar-refractivity contribution in [3.05, 3.63) is 144 Å². The first kappa shape index (κ1) is 24.3. The Morgan fingerprint density at radius 3 is 2.05 bits per heavy atom. The van der Waals surface area contributed by atoms with E-state index in [9.17, 15) is 4.79 Å². The number of carbonyl (C=O) groups is 1. The summed E-state index contributed by atoms with van der Waals surface area (Å²) in [5.74, 6) is -0.279. The fourth-order valence-electron chi connectivity index (χ4n) is 4.45. The quantitative estimate of drug-likeness (QED) is 0.169. The van der Waals surface area contributed by atoms with Crippen LogP contribution in [-0.2, 0) is 0 Å². The van der Waals surface area contributed by atoms with Gasteiger partial charge in [0.1, 0.15) is 0 Å². The van der Waals surface area contributed by atoms with E-state index in [1.165, 1.54) is 0 Å². The number of para-hydroxylation sites is 3. The molecule has 0 unspecified atom stereocenters. The van der Waals surface area contributed by atoms with Gasteiger partial charge in [-0.2, -0.15) is 5.10 Å². The van der Waals surface area contributed by atoms with Gasteiger partial charge in [-0.1, -0.05) is 72.8 Å². The Labute approximate surface area is 230 Å². The van der Waals surface area contributed by atoms with Crippen LogP contribution in [0.1, 0.15) is 15.9 Å². The molecule has 2 heterocycles. The minimum absolute atomic E-state index is 0.279. The molecule has 0 atom stereocenters. The second kappa shape index (κ2) is 11.1. The van der Waals surface area contributed by atoms with Crippen LogP contribution in [0.5, 0.6) is 0 Å². The summed E-state index contributed by atoms with van der Waals surface area (Å²) < 4.78 is 0. The molecule has 5 nitrogen and oxygen atoms in total. The first-order chi connectivity index (χ1) is 19.3. The maximum Gasteiger partial charge on any atom is 0.272 e. The third-order valence-electron chi connectivity index (χ3n) is 6.29. The summed E-state index contributed by atoms with van der Waals surface area (Å²) in [4.78, 5) is 21.1. The Bertz CT molecular complexity index is 1690. The maximum atomic E-state index is 13.2. The Morgan fingerprint density at radius 2 is 1.38 bits per heavy atom. The monoisotopic (exact) mass is 524 g/mol. The zero-order valence-electron chi connectivity index (χ0n) is 20.9. The fraction of sp³-hybridized carbons (Fsp3) is 0. The van der Waals surface area contributed by atoms with E-state index in [1.54, 1.807) is 17.6 Å². The van der Waals surface area contributed by atoms with Gasteiger partial charge in [-0.3, -0.25) is 4.79 Å². The van der Waals surface area contributed by atoms with Gasteiger partial charge in [0.2, 0.25) is 0 Å². The number of aromatic nitrogens is 1. The standard InChI is InChI=1S/C33H24N4OS/c38-33(29-22-31(32-16-9-21-39-32)35-30-15-8-7-14-28(29)30)36-34-23-24-17-19-27(20-18-24)37(25-10-3-1-4-11-25)26-12-5-2-6-13-26/h1-23H,(H,36,38). The van der Waals surface area contributed by atoms with Crippen molar-refractivity contribution < 1.29 is 4.79 Å². The average Bonchev–Trinajstić information content (AvgIpc) is 3.54. The molecule has 0 aliphatic heterocycles. The first-order valence-corrected chi connectivity index (χ1v) is 13.4. The highest BCUT2D eigenvalue weighted by Gasteiger charge is 2.14. The normalized spacial score (nSPS) is 11.1. The minimum atomic E-state index is -0.279. The summed E-state index contributed by atoms with van der Waals surface area (Å²) in [6.45, 7) is 0. The lowest BCUT2D eigenvalue weighted by molar-refractivity contribution is 0.0956. The summed E-state index contributed by atoms with van der Waals surface area (Å²) in [6.07, 6.45) is 1.65. The summed E-state index contributed by atoms with van der Waals surface area (Å²) in [5.41, 5.74) is 8.83. The minimum Gasteiger partial charge on any atom is -0.311 e. The lowest BCUT2D eigenvalue weighted by Gasteiger charge is -2.25. The summed E-state index contributed by atoms with van der Waals surface area (Å²) in [6, 6.07) is 42.0. The number of hydrogen-bond donors (Lipinski definition) is 1. The Hall–Kier alpha value is -5.07. The van der Waals surface area contributed by atoms with E-state index in [-0.39, 0.29) is 5.91 Å². The number of hydrogen-bond acceptors (Lipinski definition) is 5. The molecule has 0 radical (unpaired) electrons. The molecule has 4 aromatic carbocycles. The number of benzene rings is 4. The van der Waals surface area contributed by atoms with Crippen molar-refractivity contribution in [3.63, 3.8) is 0 Å². The molecule has 0 spiro atoms. The van der Waals surface area contributed by atoms with Crippen LogP contribution in [-0.4, -0.2) is 17.1 Å². The highest BCUT2D eigenvalue weighted by Crippen LogP contribution is 2.34. The molecule has 6 rings (SSSR count). The van der Waals surface area contributed by atoms with Gasteiger partial charge in [-0.25, -0.2) is 10.4 Å². The fourth-order valence-corrected chi connectivity index (χ4v) is 5.14. The number of rotatable bonds is 7. The van der Waals surface area contributed by atoms with E-state index < -0.39 is 0 Å². The van der Waals surface area contributed by atoms with Crippen LogP contribution in [0, 0.1) is 0 Å². The average molecular weight is 525 g/mol. The smallest absolute Gasteiger partial charge is 0.272 e. The van der Waals surface area contributed by atoms with Gasteiger partial charge in [0.15, 0.2) is 0 Å². The lowest BCUT2D eigenvalue weighted by Crippen LogP contribution is -2.18. The molecule has 0 fully saturated rings. The number of hydrazone groups is 1. The van der Waals surface area contributed by atoms with Crippen LogP contribution < -0.4 is 10.3 Å². The number of pyridine rings is 1. The number of carbonyl (C=O) groups excluding carboxylic acids is 1. The van der Waals surface area contributed by atoms with E-state index >= 15 is 0 Å². The van der Waals surface area contributed by atoms with E-state index in [1.807, 2.05) is 109 Å². The van der Waals surface area contributed by atoms with Gasteiger partial charge in [-0.15, -0.1) is 11.3 Å². The van der Waals surface area contributed by atoms with Crippen LogP contribution in [0.2, 0.25) is 0 Å². The molecular formula is C33H24N4OS. The van der Waals surface area contributed by atoms with Crippen molar-refractivity contribution in [1.82, 2.24) is 10.4 Å². The third kappa shape index (κ3) is 5.32. The van der Waals surface area contributed by atoms with Gasteiger partial charge in [-0.05, 0) is 65.5 Å². The predicted octanol–water partition coefficient (Wildman–Crippen LogP) is 8.20. The largest absolute Gasteiger partial charge is 0.311 e. The van der Waals surface area contributed by atoms with E-state index in [0.717, 1.165) is 44.1 Å². The lowest BCUT2D eigenvalue weighted by atomic mass is 10.1. The molecule has 0 aliphatic carbocycles. The third-order valence-corrected chi connectivity index (χ3v) is 7.19. The summed E-state index contributed by atoms with van der Waals surface area (Å²) in [5, 5.41) is 7.04. The van der Waals surface area contributed by atoms with Crippen LogP contribution >= 0.6 is 11.3 Å². The van der Waals surface area contributed by atoms with Gasteiger partial charge in [0, 0.05) is 22.4 Å². The summed E-state index contributed by atoms with van der Waals surface area (Å²) >= 11 is 1.59. The van der Waals surface area contributed by atoms with E-state index in [0.29, 0.717) is 5.56 Å². The SMILES string of the molecule is O=C(NN=Cc1ccc(N(c2ccccc2)c2ccccc2)cc1)c1cc(-c2cccs2)nc2ccccc12. The number of amides is 1. The first-order valence-electron chi connectivity index (χ1n) is 12.5. The molecule has 188 valence electrons. The molecule has 0 bridgehead atoms. The molecule has 6 aromatic rings. The van der Waals surface area contributed by atoms with Gasteiger partial charge < -0.3 is 4.90 Å². The Balaban J connectivity index is 1.23. The molecule has 0 aliphatic rings. The molecule has 6 heteroatoms. The van der Waals surface area contributed by atoms with Crippen LogP contribution in [0.3, 0.4) is 0 Å². The summed E-state index contributed by atoms with van der Waals surface area (Å²) in [7, 11) is 0. The molecule has 0 saturated carbocycles. The van der Waals surface area contributed by atoms with Crippen LogP contribution in [0.4, 0.5) is 17.1 Å². The molecule has 0 saturated heterocycles. The number of nitrogens with zero attached hydrogens (tertiary/aromatic N) is 3. The highest BCUT2D eigenvalue weighted by atomic mass is 32.1. The predicted molar refractivity (Wildman–Crippen MR) is 161 cm³/mol. The molecule has 2 aromatic heterocycles. The van der Waals surface area contributed by atoms with Crippen molar-refractivity contribution in [2.75, 3.05) is 4.90 Å². The van der Waals surface area contributed by atoms with Crippen molar-refractivity contribution >= 4 is 51.4 Å². The van der Waals surface area contributed by atoms with Gasteiger partial charge >= 0.3 is 0 Å². The molecule has 1 N–H and O–H groups in total. The zero-order chi connectivity index (χ0) is 26.4. The Morgan fingerprint density at radius 1 is 0.744 bits per heavy atom. The van der Waals surface area contributed by atoms with E-state index in [4.69, 9.17) is 4.98 Å². The van der Waals surface area contributed by atoms with Crippen molar-refractivity contribution in [1.29, 1.82) is 0 Å². The topological polar surface area (TPSA) is 57.6 Å². The number of anilines is 3. The van der Waals surface area contributed by atoms with Crippen molar-refractivity contribution in [2.24, 2.45) is 5.10 Å². The Kier molecular flexibility index (Phi) is 6.93. The second-order valence-electron chi connectivity index (χ2n) is 8.85. The highest BCUT2D eigenvalue weighted by molar-refractivity contribution is 7.13. The van der Waals surface area contributed by atoms with E-state index in [2.05, 4.69) is 39.7 Å². The molecule has 39 heavy (non-hydrogen) atoms.